The highest BCUT2D eigenvalue weighted by Gasteiger charge is 1.83. The van der Waals surface area contributed by atoms with Crippen LogP contribution in [0.15, 0.2) is 4.99 Å². The van der Waals surface area contributed by atoms with Crippen LogP contribution in [0.2, 0.25) is 0 Å². The van der Waals surface area contributed by atoms with E-state index >= 15 is 0 Å². The van der Waals surface area contributed by atoms with Crippen molar-refractivity contribution in [1.82, 2.24) is 0 Å². The van der Waals surface area contributed by atoms with Crippen molar-refractivity contribution in [3.8, 4) is 0 Å². The van der Waals surface area contributed by atoms with Gasteiger partial charge >= 0.3 is 0 Å². The normalized spacial score (nSPS) is 9.00. The summed E-state index contributed by atoms with van der Waals surface area (Å²) in [5.74, 6) is -0.0880. The van der Waals surface area contributed by atoms with Crippen LogP contribution >= 0.6 is 0 Å². The van der Waals surface area contributed by atoms with Crippen LogP contribution in [0.5, 0.6) is 0 Å². The van der Waals surface area contributed by atoms with Crippen molar-refractivity contribution in [1.29, 1.82) is 0 Å². The molecule has 42 valence electrons. The van der Waals surface area contributed by atoms with Crippen LogP contribution in [-0.4, -0.2) is 12.2 Å². The average Bonchev–Trinajstić information content (AvgIpc) is 1.27. The van der Waals surface area contributed by atoms with E-state index in [-0.39, 0.29) is 5.96 Å². The van der Waals surface area contributed by atoms with Crippen molar-refractivity contribution in [2.24, 2.45) is 27.9 Å². The fraction of sp³-hybridized carbons (Fsp3) is 0.500. The van der Waals surface area contributed by atoms with E-state index in [4.69, 9.17) is 22.9 Å². The smallest absolute Gasteiger partial charge is 0.188 e. The molecule has 0 atom stereocenters. The third-order valence-corrected chi connectivity index (χ3v) is 0.298. The zero-order chi connectivity index (χ0) is 5.86. The highest BCUT2D eigenvalue weighted by atomic mass is 15.1. The lowest BCUT2D eigenvalue weighted by Crippen LogP contribution is -2.34. The van der Waals surface area contributed by atoms with Gasteiger partial charge in [0, 0.05) is 0 Å². The van der Waals surface area contributed by atoms with E-state index in [0.29, 0.717) is 0 Å². The molecule has 0 aromatic rings. The lowest BCUT2D eigenvalue weighted by molar-refractivity contribution is 0.749. The Labute approximate surface area is 41.4 Å². The van der Waals surface area contributed by atoms with E-state index in [2.05, 4.69) is 4.99 Å². The molecule has 0 bridgehead atoms. The van der Waals surface area contributed by atoms with Crippen molar-refractivity contribution >= 4 is 5.96 Å². The van der Waals surface area contributed by atoms with Gasteiger partial charge in [0.15, 0.2) is 12.2 Å². The molecule has 0 rings (SSSR count). The summed E-state index contributed by atoms with van der Waals surface area (Å²) in [5.41, 5.74) is 19.6. The van der Waals surface area contributed by atoms with Crippen LogP contribution in [0.1, 0.15) is 0 Å². The SMILES string of the molecule is NC(N)=NC(N)N. The molecule has 0 aliphatic carbocycles. The van der Waals surface area contributed by atoms with Gasteiger partial charge in [-0.15, -0.1) is 0 Å². The second-order valence-electron chi connectivity index (χ2n) is 1.04. The minimum absolute atomic E-state index is 0.0880. The molecule has 0 spiro atoms. The zero-order valence-corrected chi connectivity index (χ0v) is 3.83. The maximum Gasteiger partial charge on any atom is 0.188 e. The second-order valence-corrected chi connectivity index (χ2v) is 1.04. The lowest BCUT2D eigenvalue weighted by Gasteiger charge is -1.94. The molecule has 0 aromatic carbocycles. The summed E-state index contributed by atoms with van der Waals surface area (Å²) in [6, 6.07) is 0. The molecule has 5 nitrogen and oxygen atoms in total. The van der Waals surface area contributed by atoms with Gasteiger partial charge in [0.1, 0.15) is 0 Å². The first-order valence-corrected chi connectivity index (χ1v) is 1.73. The monoisotopic (exact) mass is 103 g/mol. The van der Waals surface area contributed by atoms with Crippen molar-refractivity contribution in [2.45, 2.75) is 6.29 Å². The van der Waals surface area contributed by atoms with Gasteiger partial charge in [0.25, 0.3) is 0 Å². The highest BCUT2D eigenvalue weighted by Crippen LogP contribution is 1.60. The predicted octanol–water partition coefficient (Wildman–Crippen LogP) is -2.54. The van der Waals surface area contributed by atoms with Crippen LogP contribution in [-0.2, 0) is 0 Å². The number of nitrogens with two attached hydrogens (primary N) is 4. The standard InChI is InChI=1S/C2H9N5/c3-1(4)7-2(5)6/h1H,3-4H2,(H4,5,6,7). The van der Waals surface area contributed by atoms with Crippen molar-refractivity contribution in [3.63, 3.8) is 0 Å². The second kappa shape index (κ2) is 2.38. The predicted molar refractivity (Wildman–Crippen MR) is 28.0 cm³/mol. The molecule has 8 N–H and O–H groups in total. The fourth-order valence-electron chi connectivity index (χ4n) is 0.172. The summed E-state index contributed by atoms with van der Waals surface area (Å²) in [6.45, 7) is 0. The zero-order valence-electron chi connectivity index (χ0n) is 3.83. The van der Waals surface area contributed by atoms with E-state index in [0.717, 1.165) is 0 Å². The number of aliphatic imine (C=N–C) groups is 1. The Morgan fingerprint density at radius 3 is 1.71 bits per heavy atom. The average molecular weight is 103 g/mol. The van der Waals surface area contributed by atoms with Gasteiger partial charge in [0.2, 0.25) is 0 Å². The molecule has 0 heterocycles. The van der Waals surface area contributed by atoms with E-state index in [1.807, 2.05) is 0 Å². The fourth-order valence-corrected chi connectivity index (χ4v) is 0.172. The van der Waals surface area contributed by atoms with Crippen LogP contribution in [0.4, 0.5) is 0 Å². The maximum atomic E-state index is 4.92. The van der Waals surface area contributed by atoms with Crippen LogP contribution < -0.4 is 22.9 Å². The number of hydrogen-bond acceptors (Lipinski definition) is 3. The van der Waals surface area contributed by atoms with Gasteiger partial charge in [0.05, 0.1) is 0 Å². The number of hydrogen-bond donors (Lipinski definition) is 4. The van der Waals surface area contributed by atoms with E-state index in [1.54, 1.807) is 0 Å². The van der Waals surface area contributed by atoms with Gasteiger partial charge < -0.3 is 11.5 Å². The molecule has 0 aliphatic heterocycles. The molecule has 7 heavy (non-hydrogen) atoms. The quantitative estimate of drug-likeness (QED) is 0.166. The first kappa shape index (κ1) is 6.19. The number of rotatable bonds is 1. The first-order chi connectivity index (χ1) is 3.13. The molecule has 0 radical (unpaired) electrons. The third kappa shape index (κ3) is 5.19. The van der Waals surface area contributed by atoms with Crippen LogP contribution in [0.3, 0.4) is 0 Å². The highest BCUT2D eigenvalue weighted by molar-refractivity contribution is 5.75. The minimum Gasteiger partial charge on any atom is -0.370 e. The Morgan fingerprint density at radius 1 is 1.29 bits per heavy atom. The Bertz CT molecular complexity index is 70.1. The van der Waals surface area contributed by atoms with E-state index in [1.165, 1.54) is 0 Å². The largest absolute Gasteiger partial charge is 0.370 e. The molecule has 0 amide bonds. The number of nitrogens with zero attached hydrogens (tertiary/aromatic N) is 1. The summed E-state index contributed by atoms with van der Waals surface area (Å²) >= 11 is 0. The van der Waals surface area contributed by atoms with Gasteiger partial charge in [-0.3, -0.25) is 11.5 Å². The van der Waals surface area contributed by atoms with Crippen molar-refractivity contribution in [2.75, 3.05) is 0 Å². The van der Waals surface area contributed by atoms with Crippen LogP contribution in [0, 0.1) is 0 Å². The molecule has 0 saturated carbocycles. The Hall–Kier alpha value is -0.810. The summed E-state index contributed by atoms with van der Waals surface area (Å²) in [4.78, 5) is 3.31. The third-order valence-electron chi connectivity index (χ3n) is 0.298. The Balaban J connectivity index is 3.45. The van der Waals surface area contributed by atoms with Crippen molar-refractivity contribution in [3.05, 3.63) is 0 Å². The van der Waals surface area contributed by atoms with E-state index < -0.39 is 6.29 Å². The van der Waals surface area contributed by atoms with Gasteiger partial charge in [-0.25, -0.2) is 4.99 Å². The summed E-state index contributed by atoms with van der Waals surface area (Å²) in [7, 11) is 0. The molecule has 0 aliphatic rings. The molecule has 5 heteroatoms. The van der Waals surface area contributed by atoms with Crippen LogP contribution in [0.25, 0.3) is 0 Å². The summed E-state index contributed by atoms with van der Waals surface area (Å²) in [5, 5.41) is 0. The Kier molecular flexibility index (Phi) is 2.10. The molecule has 0 aromatic heterocycles. The summed E-state index contributed by atoms with van der Waals surface area (Å²) in [6.07, 6.45) is -0.787. The topological polar surface area (TPSA) is 116 Å². The summed E-state index contributed by atoms with van der Waals surface area (Å²) < 4.78 is 0. The molecular formula is C2H9N5. The van der Waals surface area contributed by atoms with Crippen molar-refractivity contribution < 1.29 is 0 Å². The first-order valence-electron chi connectivity index (χ1n) is 1.73. The molecule has 0 unspecified atom stereocenters. The lowest BCUT2D eigenvalue weighted by atomic mass is 10.9. The molecule has 0 saturated heterocycles. The maximum absolute atomic E-state index is 4.92. The minimum atomic E-state index is -0.787. The van der Waals surface area contributed by atoms with Gasteiger partial charge in [-0.1, -0.05) is 0 Å². The molecular weight excluding hydrogens is 94.1 g/mol. The Morgan fingerprint density at radius 2 is 1.71 bits per heavy atom. The van der Waals surface area contributed by atoms with Gasteiger partial charge in [-0.2, -0.15) is 0 Å². The number of guanidine groups is 1. The molecule has 0 fully saturated rings. The van der Waals surface area contributed by atoms with Gasteiger partial charge in [-0.05, 0) is 0 Å². The van der Waals surface area contributed by atoms with E-state index in [9.17, 15) is 0 Å².